The number of ketones is 1. The number of hydrogen-bond donors (Lipinski definition) is 3. The second kappa shape index (κ2) is 27.4. The Hall–Kier alpha value is -3.92. The van der Waals surface area contributed by atoms with Gasteiger partial charge in [0.2, 0.25) is 0 Å². The van der Waals surface area contributed by atoms with E-state index in [0.29, 0.717) is 50.2 Å². The normalized spacial score (nSPS) is 37.0. The van der Waals surface area contributed by atoms with E-state index < -0.39 is 97.1 Å². The molecule has 2 saturated heterocycles. The molecule has 2 bridgehead atoms. The van der Waals surface area contributed by atoms with Gasteiger partial charge >= 0.3 is 5.97 Å². The largest absolute Gasteiger partial charge is 0.462 e. The van der Waals surface area contributed by atoms with Crippen molar-refractivity contribution >= 4 is 17.5 Å². The molecule has 16 atom stereocenters. The van der Waals surface area contributed by atoms with Crippen LogP contribution in [0, 0.1) is 23.7 Å². The number of aromatic nitrogens is 2. The minimum Gasteiger partial charge on any atom is -0.462 e. The van der Waals surface area contributed by atoms with Gasteiger partial charge in [-0.2, -0.15) is 0 Å². The lowest BCUT2D eigenvalue weighted by Gasteiger charge is -2.47. The molecule has 3 fully saturated rings. The summed E-state index contributed by atoms with van der Waals surface area (Å²) in [5, 5.41) is 38.0. The molecule has 6 rings (SSSR count). The number of carbonyl (C=O) groups is 2. The standard InChI is InChI=1S/C53H80N4O14/c1-10-42-38(28-66-43-19-18-41(59)51(63-8)52(43)64-9)24-32(2)16-17-40(58)33(3)25-37-20-23-65-29-39(55-68-31-45-54-21-22-57(45)27-36-14-12-11-13-15-36)30-67-44(26-46(60)70-42)34(4)50(37)71-53-49(62)47(56(6)7)48(61)35(5)69-53/h11-17,21-22,24,33-35,37-38,41-44,47-53,59,61-62H,10,18-20,23,25-31H2,1-9H3/b17-16+,32-24+,55-39+/t33-,34+,35-,37?,38-,41-,42-,43-,44-,47+,48-,49-,50-,51-,52+,53+/m1/s1. The molecule has 4 heterocycles. The number of likely N-dealkylation sites (N-methyl/N-ethyl adjacent to an activating group) is 1. The van der Waals surface area contributed by atoms with Crippen molar-refractivity contribution in [3.8, 4) is 0 Å². The predicted molar refractivity (Wildman–Crippen MR) is 263 cm³/mol. The van der Waals surface area contributed by atoms with Gasteiger partial charge in [-0.1, -0.05) is 74.0 Å². The molecule has 1 aliphatic carbocycles. The Morgan fingerprint density at radius 3 is 2.42 bits per heavy atom. The number of imidazole rings is 1. The van der Waals surface area contributed by atoms with E-state index >= 15 is 0 Å². The van der Waals surface area contributed by atoms with Crippen LogP contribution in [-0.2, 0) is 65.5 Å². The molecule has 0 radical (unpaired) electrons. The van der Waals surface area contributed by atoms with Gasteiger partial charge in [-0.3, -0.25) is 9.59 Å². The van der Waals surface area contributed by atoms with E-state index in [-0.39, 0.29) is 51.2 Å². The predicted octanol–water partition coefficient (Wildman–Crippen LogP) is 4.65. The molecular formula is C53H80N4O14. The first-order chi connectivity index (χ1) is 34.1. The highest BCUT2D eigenvalue weighted by Crippen LogP contribution is 2.36. The molecule has 0 spiro atoms. The third-order valence-electron chi connectivity index (χ3n) is 14.5. The number of methoxy groups -OCH3 is 2. The van der Waals surface area contributed by atoms with E-state index in [1.54, 1.807) is 51.4 Å². The van der Waals surface area contributed by atoms with Crippen LogP contribution < -0.4 is 0 Å². The molecule has 18 nitrogen and oxygen atoms in total. The van der Waals surface area contributed by atoms with E-state index in [9.17, 15) is 24.9 Å². The van der Waals surface area contributed by atoms with Gasteiger partial charge < -0.3 is 67.5 Å². The summed E-state index contributed by atoms with van der Waals surface area (Å²) in [6.45, 7) is 10.5. The zero-order valence-corrected chi connectivity index (χ0v) is 43.1. The average Bonchev–Trinajstić information content (AvgIpc) is 3.78. The molecule has 4 aliphatic rings. The number of carbonyl (C=O) groups excluding carboxylic acids is 2. The first kappa shape index (κ1) is 56.4. The van der Waals surface area contributed by atoms with Crippen molar-refractivity contribution in [3.63, 3.8) is 0 Å². The molecular weight excluding hydrogens is 917 g/mol. The fraction of sp³-hybridized carbons (Fsp3) is 0.698. The van der Waals surface area contributed by atoms with Crippen LogP contribution in [0.25, 0.3) is 0 Å². The van der Waals surface area contributed by atoms with Crippen molar-refractivity contribution in [1.82, 2.24) is 14.5 Å². The summed E-state index contributed by atoms with van der Waals surface area (Å²) in [6.07, 6.45) is 2.47. The summed E-state index contributed by atoms with van der Waals surface area (Å²) in [5.74, 6) is -1.76. The van der Waals surface area contributed by atoms with Gasteiger partial charge in [0.15, 0.2) is 18.7 Å². The van der Waals surface area contributed by atoms with E-state index in [1.807, 2.05) is 74.9 Å². The highest BCUT2D eigenvalue weighted by atomic mass is 16.7. The maximum Gasteiger partial charge on any atom is 0.308 e. The third-order valence-corrected chi connectivity index (χ3v) is 14.5. The molecule has 0 amide bonds. The Morgan fingerprint density at radius 2 is 1.70 bits per heavy atom. The molecule has 1 saturated carbocycles. The highest BCUT2D eigenvalue weighted by Gasteiger charge is 2.48. The second-order valence-electron chi connectivity index (χ2n) is 19.9. The number of aliphatic hydroxyl groups is 3. The summed E-state index contributed by atoms with van der Waals surface area (Å²) in [4.78, 5) is 40.8. The Kier molecular flexibility index (Phi) is 21.8. The lowest BCUT2D eigenvalue weighted by Crippen LogP contribution is -2.63. The molecule has 1 aromatic carbocycles. The van der Waals surface area contributed by atoms with Gasteiger partial charge in [0.05, 0.1) is 68.9 Å². The van der Waals surface area contributed by atoms with Crippen molar-refractivity contribution in [1.29, 1.82) is 0 Å². The van der Waals surface area contributed by atoms with Crippen LogP contribution in [0.15, 0.2) is 71.7 Å². The van der Waals surface area contributed by atoms with Gasteiger partial charge in [0, 0.05) is 57.5 Å². The number of nitrogens with zero attached hydrogens (tertiary/aromatic N) is 4. The Bertz CT molecular complexity index is 2050. The van der Waals surface area contributed by atoms with E-state index in [4.69, 9.17) is 42.7 Å². The number of benzene rings is 1. The molecule has 1 unspecified atom stereocenters. The van der Waals surface area contributed by atoms with Crippen molar-refractivity contribution in [2.75, 3.05) is 54.7 Å². The zero-order valence-electron chi connectivity index (χ0n) is 43.1. The number of rotatable bonds is 14. The number of ether oxygens (including phenoxy) is 8. The first-order valence-corrected chi connectivity index (χ1v) is 25.3. The van der Waals surface area contributed by atoms with Crippen LogP contribution in [0.5, 0.6) is 0 Å². The minimum absolute atomic E-state index is 0.0589. The van der Waals surface area contributed by atoms with Gasteiger partial charge in [0.25, 0.3) is 0 Å². The smallest absolute Gasteiger partial charge is 0.308 e. The zero-order chi connectivity index (χ0) is 51.2. The molecule has 1 aromatic heterocycles. The Labute approximate surface area is 419 Å². The van der Waals surface area contributed by atoms with Crippen molar-refractivity contribution < 1.29 is 67.6 Å². The second-order valence-corrected chi connectivity index (χ2v) is 19.9. The van der Waals surface area contributed by atoms with Crippen molar-refractivity contribution in [2.45, 2.75) is 160 Å². The fourth-order valence-electron chi connectivity index (χ4n) is 10.4. The SMILES string of the molecule is CC[C@H]1OC(=O)C[C@H]2OC/C(=N/OCc3nccn3Cc3ccccc3)COCCC(C[C@@H](C)C(=O)/C=C/C(C)=C/[C@@H]1CO[C@@H]1CC[C@@H](O)[C@@H](OC)[C@H]1OC)[C@H](O[C@@H]1O[C@H](C)[C@@H](O)[C@H](N(C)C)[C@H]1O)[C@H]2C. The quantitative estimate of drug-likeness (QED) is 0.174. The number of esters is 1. The maximum atomic E-state index is 14.5. The third kappa shape index (κ3) is 15.3. The average molecular weight is 997 g/mol. The Balaban J connectivity index is 1.32. The molecule has 3 N–H and O–H groups in total. The van der Waals surface area contributed by atoms with Crippen LogP contribution in [0.4, 0.5) is 0 Å². The summed E-state index contributed by atoms with van der Waals surface area (Å²) in [5.41, 5.74) is 2.34. The van der Waals surface area contributed by atoms with Crippen LogP contribution in [0.3, 0.4) is 0 Å². The van der Waals surface area contributed by atoms with Crippen molar-refractivity contribution in [2.24, 2.45) is 28.8 Å². The number of allylic oxidation sites excluding steroid dienone is 3. The summed E-state index contributed by atoms with van der Waals surface area (Å²) in [7, 11) is 6.66. The van der Waals surface area contributed by atoms with Gasteiger partial charge in [-0.15, -0.1) is 0 Å². The maximum absolute atomic E-state index is 14.5. The van der Waals surface area contributed by atoms with Crippen LogP contribution in [0.2, 0.25) is 0 Å². The first-order valence-electron chi connectivity index (χ1n) is 25.3. The molecule has 3 aliphatic heterocycles. The van der Waals surface area contributed by atoms with Crippen LogP contribution in [0.1, 0.15) is 84.5 Å². The van der Waals surface area contributed by atoms with Gasteiger partial charge in [-0.25, -0.2) is 4.98 Å². The van der Waals surface area contributed by atoms with Gasteiger partial charge in [0.1, 0.15) is 36.0 Å². The number of hydrogen-bond acceptors (Lipinski definition) is 17. The van der Waals surface area contributed by atoms with E-state index in [2.05, 4.69) is 10.1 Å². The minimum atomic E-state index is -1.25. The molecule has 2 aromatic rings. The Morgan fingerprint density at radius 1 is 0.944 bits per heavy atom. The van der Waals surface area contributed by atoms with Crippen molar-refractivity contribution in [3.05, 3.63) is 77.9 Å². The van der Waals surface area contributed by atoms with Gasteiger partial charge in [-0.05, 0) is 77.6 Å². The fourth-order valence-corrected chi connectivity index (χ4v) is 10.4. The summed E-state index contributed by atoms with van der Waals surface area (Å²) < 4.78 is 52.5. The van der Waals surface area contributed by atoms with E-state index in [0.717, 1.165) is 11.1 Å². The lowest BCUT2D eigenvalue weighted by atomic mass is 9.79. The molecule has 18 heteroatoms. The van der Waals surface area contributed by atoms with Crippen LogP contribution in [-0.4, -0.2) is 175 Å². The highest BCUT2D eigenvalue weighted by molar-refractivity contribution is 5.91. The van der Waals surface area contributed by atoms with E-state index in [1.165, 1.54) is 7.11 Å². The topological polar surface area (TPSA) is 211 Å². The number of oxime groups is 1. The number of aliphatic hydroxyl groups excluding tert-OH is 3. The number of cyclic esters (lactones) is 1. The monoisotopic (exact) mass is 997 g/mol. The summed E-state index contributed by atoms with van der Waals surface area (Å²) >= 11 is 0. The number of fused-ring (bicyclic) bond motifs is 3. The molecule has 396 valence electrons. The van der Waals surface area contributed by atoms with Crippen LogP contribution >= 0.6 is 0 Å². The molecule has 71 heavy (non-hydrogen) atoms. The summed E-state index contributed by atoms with van der Waals surface area (Å²) in [6, 6.07) is 9.34. The lowest BCUT2D eigenvalue weighted by molar-refractivity contribution is -0.305.